The number of likely N-dealkylation sites (N-methyl/N-ethyl adjacent to an activating group) is 1. The van der Waals surface area contributed by atoms with E-state index in [4.69, 9.17) is 4.74 Å². The van der Waals surface area contributed by atoms with Gasteiger partial charge in [-0.05, 0) is 37.6 Å². The van der Waals surface area contributed by atoms with E-state index in [9.17, 15) is 9.50 Å². The van der Waals surface area contributed by atoms with Gasteiger partial charge in [-0.2, -0.15) is 0 Å². The summed E-state index contributed by atoms with van der Waals surface area (Å²) in [5.41, 5.74) is 0.766. The van der Waals surface area contributed by atoms with E-state index in [1.54, 1.807) is 12.1 Å². The van der Waals surface area contributed by atoms with Gasteiger partial charge < -0.3 is 14.7 Å². The highest BCUT2D eigenvalue weighted by molar-refractivity contribution is 5.18. The molecule has 3 nitrogen and oxygen atoms in total. The van der Waals surface area contributed by atoms with Crippen molar-refractivity contribution in [2.45, 2.75) is 26.4 Å². The summed E-state index contributed by atoms with van der Waals surface area (Å²) in [6.07, 6.45) is 0.104. The van der Waals surface area contributed by atoms with E-state index in [1.807, 2.05) is 6.92 Å². The van der Waals surface area contributed by atoms with Crippen molar-refractivity contribution in [2.24, 2.45) is 0 Å². The first-order chi connectivity index (χ1) is 9.17. The molecule has 108 valence electrons. The molecule has 0 saturated heterocycles. The van der Waals surface area contributed by atoms with Crippen LogP contribution in [0.3, 0.4) is 0 Å². The van der Waals surface area contributed by atoms with E-state index in [2.05, 4.69) is 11.8 Å². The first-order valence-electron chi connectivity index (χ1n) is 6.91. The summed E-state index contributed by atoms with van der Waals surface area (Å²) in [4.78, 5) is 2.24. The Morgan fingerprint density at radius 2 is 1.89 bits per heavy atom. The van der Waals surface area contributed by atoms with Crippen molar-refractivity contribution in [3.8, 4) is 0 Å². The van der Waals surface area contributed by atoms with Crippen LogP contribution >= 0.6 is 0 Å². The number of nitrogens with zero attached hydrogens (tertiary/aromatic N) is 1. The molecule has 1 atom stereocenters. The largest absolute Gasteiger partial charge is 0.388 e. The van der Waals surface area contributed by atoms with Gasteiger partial charge in [-0.1, -0.05) is 19.1 Å². The van der Waals surface area contributed by atoms with Crippen molar-refractivity contribution in [1.82, 2.24) is 4.90 Å². The molecule has 1 rings (SSSR count). The minimum atomic E-state index is -0.540. The third-order valence-electron chi connectivity index (χ3n) is 3.18. The number of ether oxygens (including phenoxy) is 1. The van der Waals surface area contributed by atoms with Crippen LogP contribution in [0.5, 0.6) is 0 Å². The quantitative estimate of drug-likeness (QED) is 0.699. The van der Waals surface area contributed by atoms with Crippen LogP contribution in [0.4, 0.5) is 4.39 Å². The SMILES string of the molecule is CCOCCN(CC)CCC(O)c1ccc(F)cc1. The van der Waals surface area contributed by atoms with Crippen LogP contribution in [0.25, 0.3) is 0 Å². The first kappa shape index (κ1) is 16.1. The predicted molar refractivity (Wildman–Crippen MR) is 74.6 cm³/mol. The monoisotopic (exact) mass is 269 g/mol. The fourth-order valence-corrected chi connectivity index (χ4v) is 1.92. The van der Waals surface area contributed by atoms with Crippen LogP contribution in [0.2, 0.25) is 0 Å². The topological polar surface area (TPSA) is 32.7 Å². The van der Waals surface area contributed by atoms with Gasteiger partial charge >= 0.3 is 0 Å². The zero-order chi connectivity index (χ0) is 14.1. The standard InChI is InChI=1S/C15H24FNO2/c1-3-17(11-12-19-4-2)10-9-15(18)13-5-7-14(16)8-6-13/h5-8,15,18H,3-4,9-12H2,1-2H3. The molecule has 19 heavy (non-hydrogen) atoms. The summed E-state index contributed by atoms with van der Waals surface area (Å²) in [6, 6.07) is 6.03. The summed E-state index contributed by atoms with van der Waals surface area (Å²) < 4.78 is 18.1. The van der Waals surface area contributed by atoms with Crippen LogP contribution in [0.1, 0.15) is 31.9 Å². The van der Waals surface area contributed by atoms with Gasteiger partial charge in [0.1, 0.15) is 5.82 Å². The highest BCUT2D eigenvalue weighted by Crippen LogP contribution is 2.17. The number of rotatable bonds is 9. The molecule has 0 spiro atoms. The van der Waals surface area contributed by atoms with Gasteiger partial charge in [-0.15, -0.1) is 0 Å². The van der Waals surface area contributed by atoms with E-state index in [-0.39, 0.29) is 5.82 Å². The molecular weight excluding hydrogens is 245 g/mol. The Hall–Kier alpha value is -0.970. The molecular formula is C15H24FNO2. The Bertz CT molecular complexity index is 343. The molecule has 0 aliphatic heterocycles. The predicted octanol–water partition coefficient (Wildman–Crippen LogP) is 2.61. The molecule has 0 saturated carbocycles. The molecule has 0 aliphatic rings. The van der Waals surface area contributed by atoms with Gasteiger partial charge in [0.15, 0.2) is 0 Å². The van der Waals surface area contributed by atoms with Crippen molar-refractivity contribution < 1.29 is 14.2 Å². The van der Waals surface area contributed by atoms with Gasteiger partial charge in [0.25, 0.3) is 0 Å². The summed E-state index contributed by atoms with van der Waals surface area (Å²) in [5.74, 6) is -0.275. The van der Waals surface area contributed by atoms with Crippen LogP contribution in [0, 0.1) is 5.82 Å². The highest BCUT2D eigenvalue weighted by Gasteiger charge is 2.10. The highest BCUT2D eigenvalue weighted by atomic mass is 19.1. The molecule has 0 amide bonds. The fourth-order valence-electron chi connectivity index (χ4n) is 1.92. The molecule has 0 aromatic heterocycles. The first-order valence-corrected chi connectivity index (χ1v) is 6.91. The lowest BCUT2D eigenvalue weighted by molar-refractivity contribution is 0.101. The lowest BCUT2D eigenvalue weighted by Gasteiger charge is -2.22. The molecule has 0 radical (unpaired) electrons. The normalized spacial score (nSPS) is 12.9. The maximum absolute atomic E-state index is 12.8. The average Bonchev–Trinajstić information content (AvgIpc) is 2.43. The van der Waals surface area contributed by atoms with E-state index < -0.39 is 6.10 Å². The lowest BCUT2D eigenvalue weighted by atomic mass is 10.1. The van der Waals surface area contributed by atoms with Crippen LogP contribution < -0.4 is 0 Å². The molecule has 0 aliphatic carbocycles. The molecule has 0 fully saturated rings. The van der Waals surface area contributed by atoms with Crippen molar-refractivity contribution >= 4 is 0 Å². The molecule has 0 bridgehead atoms. The molecule has 0 heterocycles. The molecule has 1 N–H and O–H groups in total. The number of benzene rings is 1. The van der Waals surface area contributed by atoms with E-state index in [1.165, 1.54) is 12.1 Å². The Labute approximate surface area is 115 Å². The number of aliphatic hydroxyl groups excluding tert-OH is 1. The third kappa shape index (κ3) is 6.14. The summed E-state index contributed by atoms with van der Waals surface area (Å²) in [5, 5.41) is 10.0. The summed E-state index contributed by atoms with van der Waals surface area (Å²) >= 11 is 0. The Kier molecular flexibility index (Phi) is 7.63. The van der Waals surface area contributed by atoms with Gasteiger partial charge in [-0.3, -0.25) is 0 Å². The molecule has 4 heteroatoms. The van der Waals surface area contributed by atoms with Crippen molar-refractivity contribution in [2.75, 3.05) is 32.8 Å². The zero-order valence-corrected chi connectivity index (χ0v) is 11.8. The molecule has 1 unspecified atom stereocenters. The summed E-state index contributed by atoms with van der Waals surface area (Å²) in [7, 11) is 0. The number of halogens is 1. The second kappa shape index (κ2) is 9.02. The minimum Gasteiger partial charge on any atom is -0.388 e. The second-order valence-corrected chi connectivity index (χ2v) is 4.49. The van der Waals surface area contributed by atoms with Gasteiger partial charge in [-0.25, -0.2) is 4.39 Å². The molecule has 1 aromatic carbocycles. The fraction of sp³-hybridized carbons (Fsp3) is 0.600. The van der Waals surface area contributed by atoms with Crippen LogP contribution in [-0.4, -0.2) is 42.9 Å². The van der Waals surface area contributed by atoms with E-state index in [0.717, 1.165) is 38.4 Å². The Morgan fingerprint density at radius 3 is 2.47 bits per heavy atom. The average molecular weight is 269 g/mol. The number of hydrogen-bond donors (Lipinski definition) is 1. The maximum Gasteiger partial charge on any atom is 0.123 e. The lowest BCUT2D eigenvalue weighted by Crippen LogP contribution is -2.29. The minimum absolute atomic E-state index is 0.275. The van der Waals surface area contributed by atoms with Crippen molar-refractivity contribution in [3.05, 3.63) is 35.6 Å². The van der Waals surface area contributed by atoms with E-state index in [0.29, 0.717) is 6.42 Å². The van der Waals surface area contributed by atoms with Gasteiger partial charge in [0.2, 0.25) is 0 Å². The zero-order valence-electron chi connectivity index (χ0n) is 11.8. The Balaban J connectivity index is 2.34. The van der Waals surface area contributed by atoms with Crippen LogP contribution in [-0.2, 0) is 4.74 Å². The smallest absolute Gasteiger partial charge is 0.123 e. The van der Waals surface area contributed by atoms with Gasteiger partial charge in [0, 0.05) is 19.7 Å². The third-order valence-corrected chi connectivity index (χ3v) is 3.18. The number of hydrogen-bond acceptors (Lipinski definition) is 3. The maximum atomic E-state index is 12.8. The molecule has 1 aromatic rings. The van der Waals surface area contributed by atoms with E-state index >= 15 is 0 Å². The van der Waals surface area contributed by atoms with Crippen molar-refractivity contribution in [3.63, 3.8) is 0 Å². The second-order valence-electron chi connectivity index (χ2n) is 4.49. The Morgan fingerprint density at radius 1 is 1.21 bits per heavy atom. The van der Waals surface area contributed by atoms with Crippen LogP contribution in [0.15, 0.2) is 24.3 Å². The number of aliphatic hydroxyl groups is 1. The van der Waals surface area contributed by atoms with Gasteiger partial charge in [0.05, 0.1) is 12.7 Å². The summed E-state index contributed by atoms with van der Waals surface area (Å²) in [6.45, 7) is 8.14. The van der Waals surface area contributed by atoms with Crippen molar-refractivity contribution in [1.29, 1.82) is 0 Å².